The van der Waals surface area contributed by atoms with Gasteiger partial charge in [-0.1, -0.05) is 25.5 Å². The SMILES string of the molecule is CCCc1ccc(C(=O)N(C)[C@@](C)(C(=O)NC)C(O)NOC2CCCCO2)cc1. The third-order valence-electron chi connectivity index (χ3n) is 5.41. The van der Waals surface area contributed by atoms with E-state index in [0.717, 1.165) is 31.2 Å². The number of nitrogens with one attached hydrogen (secondary N) is 2. The third kappa shape index (κ3) is 5.54. The molecule has 0 saturated carbocycles. The summed E-state index contributed by atoms with van der Waals surface area (Å²) < 4.78 is 5.46. The highest BCUT2D eigenvalue weighted by Gasteiger charge is 2.47. The number of ether oxygens (including phenoxy) is 1. The molecule has 0 aromatic heterocycles. The van der Waals surface area contributed by atoms with Crippen molar-refractivity contribution in [3.05, 3.63) is 35.4 Å². The van der Waals surface area contributed by atoms with Crippen LogP contribution in [0.25, 0.3) is 0 Å². The van der Waals surface area contributed by atoms with Gasteiger partial charge in [-0.2, -0.15) is 5.48 Å². The van der Waals surface area contributed by atoms with E-state index < -0.39 is 24.0 Å². The van der Waals surface area contributed by atoms with Crippen molar-refractivity contribution in [2.45, 2.75) is 64.0 Å². The molecule has 3 N–H and O–H groups in total. The van der Waals surface area contributed by atoms with E-state index in [-0.39, 0.29) is 5.91 Å². The van der Waals surface area contributed by atoms with E-state index in [0.29, 0.717) is 18.6 Å². The van der Waals surface area contributed by atoms with Crippen molar-refractivity contribution in [2.24, 2.45) is 0 Å². The second-order valence-corrected chi connectivity index (χ2v) is 7.47. The lowest BCUT2D eigenvalue weighted by molar-refractivity contribution is -0.231. The van der Waals surface area contributed by atoms with Crippen LogP contribution in [0.4, 0.5) is 0 Å². The Labute approximate surface area is 172 Å². The van der Waals surface area contributed by atoms with E-state index in [1.54, 1.807) is 12.1 Å². The van der Waals surface area contributed by atoms with E-state index in [2.05, 4.69) is 17.7 Å². The lowest BCUT2D eigenvalue weighted by Crippen LogP contribution is -2.67. The predicted octanol–water partition coefficient (Wildman–Crippen LogP) is 1.58. The first kappa shape index (κ1) is 23.3. The summed E-state index contributed by atoms with van der Waals surface area (Å²) in [5.74, 6) is -0.905. The molecular formula is C21H33N3O5. The second kappa shape index (κ2) is 10.7. The summed E-state index contributed by atoms with van der Waals surface area (Å²) in [4.78, 5) is 32.3. The number of hydrogen-bond donors (Lipinski definition) is 3. The van der Waals surface area contributed by atoms with Gasteiger partial charge in [-0.05, 0) is 43.9 Å². The highest BCUT2D eigenvalue weighted by Crippen LogP contribution is 2.22. The first-order valence-electron chi connectivity index (χ1n) is 10.1. The molecular weight excluding hydrogens is 374 g/mol. The largest absolute Gasteiger partial charge is 0.373 e. The van der Waals surface area contributed by atoms with Gasteiger partial charge in [-0.25, -0.2) is 0 Å². The molecule has 0 radical (unpaired) electrons. The van der Waals surface area contributed by atoms with E-state index in [9.17, 15) is 14.7 Å². The summed E-state index contributed by atoms with van der Waals surface area (Å²) in [5, 5.41) is 13.3. The molecule has 0 bridgehead atoms. The van der Waals surface area contributed by atoms with E-state index in [4.69, 9.17) is 9.57 Å². The summed E-state index contributed by atoms with van der Waals surface area (Å²) in [6.07, 6.45) is 2.60. The van der Waals surface area contributed by atoms with Crippen LogP contribution < -0.4 is 10.8 Å². The van der Waals surface area contributed by atoms with Crippen LogP contribution in [0.15, 0.2) is 24.3 Å². The van der Waals surface area contributed by atoms with Crippen molar-refractivity contribution in [3.63, 3.8) is 0 Å². The zero-order valence-corrected chi connectivity index (χ0v) is 17.7. The Morgan fingerprint density at radius 1 is 1.34 bits per heavy atom. The van der Waals surface area contributed by atoms with Crippen LogP contribution in [-0.2, 0) is 20.8 Å². The normalized spacial score (nSPS) is 19.8. The van der Waals surface area contributed by atoms with Crippen molar-refractivity contribution in [1.82, 2.24) is 15.7 Å². The molecule has 8 heteroatoms. The van der Waals surface area contributed by atoms with Gasteiger partial charge in [-0.15, -0.1) is 0 Å². The quantitative estimate of drug-likeness (QED) is 0.425. The minimum atomic E-state index is -1.61. The summed E-state index contributed by atoms with van der Waals surface area (Å²) in [5.41, 5.74) is 2.47. The summed E-state index contributed by atoms with van der Waals surface area (Å²) in [7, 11) is 2.94. The van der Waals surface area contributed by atoms with Gasteiger partial charge in [0.15, 0.2) is 18.1 Å². The number of benzene rings is 1. The number of amides is 2. The molecule has 2 amide bonds. The lowest BCUT2D eigenvalue weighted by atomic mass is 9.95. The molecule has 1 fully saturated rings. The topological polar surface area (TPSA) is 100 Å². The van der Waals surface area contributed by atoms with Gasteiger partial charge in [-0.3, -0.25) is 14.4 Å². The fourth-order valence-electron chi connectivity index (χ4n) is 3.28. The number of likely N-dealkylation sites (N-methyl/N-ethyl adjacent to an activating group) is 2. The van der Waals surface area contributed by atoms with Crippen LogP contribution >= 0.6 is 0 Å². The standard InChI is InChI=1S/C21H33N3O5/c1-5-8-15-10-12-16(13-11-15)18(25)24(4)21(2,19(26)22-3)20(27)23-29-17-9-6-7-14-28-17/h10-13,17,20,23,27H,5-9,14H2,1-4H3,(H,22,26)/t17?,20?,21-/m0/s1. The first-order chi connectivity index (χ1) is 13.8. The van der Waals surface area contributed by atoms with Crippen LogP contribution in [0.2, 0.25) is 0 Å². The molecule has 29 heavy (non-hydrogen) atoms. The molecule has 1 aromatic carbocycles. The maximum Gasteiger partial charge on any atom is 0.254 e. The predicted molar refractivity (Wildman–Crippen MR) is 109 cm³/mol. The number of carbonyl (C=O) groups excluding carboxylic acids is 2. The first-order valence-corrected chi connectivity index (χ1v) is 10.1. The number of nitrogens with zero attached hydrogens (tertiary/aromatic N) is 1. The third-order valence-corrected chi connectivity index (χ3v) is 5.41. The Morgan fingerprint density at radius 2 is 2.03 bits per heavy atom. The Hall–Kier alpha value is -2.00. The number of carbonyl (C=O) groups is 2. The van der Waals surface area contributed by atoms with E-state index in [1.165, 1.54) is 25.9 Å². The molecule has 3 atom stereocenters. The molecule has 2 rings (SSSR count). The number of hydrogen-bond acceptors (Lipinski definition) is 6. The fourth-order valence-corrected chi connectivity index (χ4v) is 3.28. The van der Waals surface area contributed by atoms with Crippen LogP contribution in [-0.4, -0.2) is 60.6 Å². The Bertz CT molecular complexity index is 675. The van der Waals surface area contributed by atoms with Crippen LogP contribution in [0.1, 0.15) is 55.5 Å². The Morgan fingerprint density at radius 3 is 2.59 bits per heavy atom. The molecule has 1 aliphatic rings. The van der Waals surface area contributed by atoms with Crippen molar-refractivity contribution in [3.8, 4) is 0 Å². The highest BCUT2D eigenvalue weighted by atomic mass is 16.8. The van der Waals surface area contributed by atoms with Crippen LogP contribution in [0, 0.1) is 0 Å². The summed E-state index contributed by atoms with van der Waals surface area (Å²) >= 11 is 0. The Balaban J connectivity index is 2.14. The van der Waals surface area contributed by atoms with Crippen LogP contribution in [0.5, 0.6) is 0 Å². The number of aryl methyl sites for hydroxylation is 1. The van der Waals surface area contributed by atoms with Crippen molar-refractivity contribution < 1.29 is 24.3 Å². The van der Waals surface area contributed by atoms with Crippen molar-refractivity contribution in [1.29, 1.82) is 0 Å². The van der Waals surface area contributed by atoms with Gasteiger partial charge >= 0.3 is 0 Å². The Kier molecular flexibility index (Phi) is 8.58. The monoisotopic (exact) mass is 407 g/mol. The molecule has 0 aliphatic carbocycles. The number of hydroxylamine groups is 1. The highest BCUT2D eigenvalue weighted by molar-refractivity contribution is 5.99. The van der Waals surface area contributed by atoms with Gasteiger partial charge in [0, 0.05) is 32.7 Å². The molecule has 1 aromatic rings. The van der Waals surface area contributed by atoms with E-state index >= 15 is 0 Å². The molecule has 162 valence electrons. The molecule has 8 nitrogen and oxygen atoms in total. The van der Waals surface area contributed by atoms with Crippen molar-refractivity contribution in [2.75, 3.05) is 20.7 Å². The molecule has 0 spiro atoms. The zero-order chi connectivity index (χ0) is 21.4. The van der Waals surface area contributed by atoms with Gasteiger partial charge in [0.1, 0.15) is 0 Å². The zero-order valence-electron chi connectivity index (χ0n) is 17.7. The minimum absolute atomic E-state index is 0.381. The smallest absolute Gasteiger partial charge is 0.254 e. The molecule has 1 saturated heterocycles. The molecule has 2 unspecified atom stereocenters. The summed E-state index contributed by atoms with van der Waals surface area (Å²) in [6, 6.07) is 7.28. The minimum Gasteiger partial charge on any atom is -0.373 e. The van der Waals surface area contributed by atoms with Gasteiger partial charge in [0.25, 0.3) is 5.91 Å². The summed E-state index contributed by atoms with van der Waals surface area (Å²) in [6.45, 7) is 4.16. The lowest BCUT2D eigenvalue weighted by Gasteiger charge is -2.40. The van der Waals surface area contributed by atoms with Gasteiger partial charge in [0.05, 0.1) is 0 Å². The van der Waals surface area contributed by atoms with Crippen molar-refractivity contribution >= 4 is 11.8 Å². The number of rotatable bonds is 9. The molecule has 1 aliphatic heterocycles. The number of aliphatic hydroxyl groups excluding tert-OH is 1. The van der Waals surface area contributed by atoms with Gasteiger partial charge in [0.2, 0.25) is 5.91 Å². The molecule has 1 heterocycles. The maximum atomic E-state index is 13.0. The van der Waals surface area contributed by atoms with E-state index in [1.807, 2.05) is 12.1 Å². The number of aliphatic hydroxyl groups is 1. The average molecular weight is 408 g/mol. The van der Waals surface area contributed by atoms with Gasteiger partial charge < -0.3 is 20.1 Å². The fraction of sp³-hybridized carbons (Fsp3) is 0.619. The maximum absolute atomic E-state index is 13.0. The van der Waals surface area contributed by atoms with Crippen LogP contribution in [0.3, 0.4) is 0 Å². The average Bonchev–Trinajstić information content (AvgIpc) is 2.76. The second-order valence-electron chi connectivity index (χ2n) is 7.47.